The van der Waals surface area contributed by atoms with E-state index in [2.05, 4.69) is 0 Å². The molecule has 130 valence electrons. The fourth-order valence-electron chi connectivity index (χ4n) is 3.48. The molecule has 0 saturated carbocycles. The summed E-state index contributed by atoms with van der Waals surface area (Å²) in [6.07, 6.45) is -3.18. The zero-order chi connectivity index (χ0) is 17.3. The predicted molar refractivity (Wildman–Crippen MR) is 80.9 cm³/mol. The van der Waals surface area contributed by atoms with Crippen LogP contribution in [0.25, 0.3) is 0 Å². The zero-order valence-corrected chi connectivity index (χ0v) is 13.2. The highest BCUT2D eigenvalue weighted by molar-refractivity contribution is 5.84. The third kappa shape index (κ3) is 3.39. The second-order valence-corrected chi connectivity index (χ2v) is 6.37. The first-order valence-corrected chi connectivity index (χ1v) is 8.08. The van der Waals surface area contributed by atoms with Crippen LogP contribution in [-0.2, 0) is 22.6 Å². The lowest BCUT2D eigenvalue weighted by Gasteiger charge is -2.36. The molecule has 0 radical (unpaired) electrons. The number of rotatable bonds is 1. The third-order valence-corrected chi connectivity index (χ3v) is 4.74. The molecule has 24 heavy (non-hydrogen) atoms. The zero-order valence-electron chi connectivity index (χ0n) is 13.2. The molecule has 0 aromatic heterocycles. The van der Waals surface area contributed by atoms with E-state index in [0.717, 1.165) is 16.9 Å². The Bertz CT molecular complexity index is 645. The van der Waals surface area contributed by atoms with Crippen LogP contribution >= 0.6 is 0 Å². The molecule has 2 amide bonds. The number of nitrogens with zero attached hydrogens (tertiary/aromatic N) is 2. The van der Waals surface area contributed by atoms with Crippen molar-refractivity contribution in [3.05, 3.63) is 35.4 Å². The number of hydrogen-bond acceptors (Lipinski definition) is 2. The van der Waals surface area contributed by atoms with E-state index in [0.29, 0.717) is 25.9 Å². The summed E-state index contributed by atoms with van der Waals surface area (Å²) >= 11 is 0. The van der Waals surface area contributed by atoms with E-state index in [9.17, 15) is 22.8 Å². The number of carbonyl (C=O) groups excluding carboxylic acids is 2. The average molecular weight is 340 g/mol. The third-order valence-electron chi connectivity index (χ3n) is 4.74. The second kappa shape index (κ2) is 6.45. The van der Waals surface area contributed by atoms with Crippen molar-refractivity contribution in [3.8, 4) is 0 Å². The maximum absolute atomic E-state index is 12.7. The van der Waals surface area contributed by atoms with E-state index in [-0.39, 0.29) is 19.0 Å². The van der Waals surface area contributed by atoms with Gasteiger partial charge in [-0.15, -0.1) is 0 Å². The lowest BCUT2D eigenvalue weighted by atomic mass is 9.94. The van der Waals surface area contributed by atoms with Crippen molar-refractivity contribution < 1.29 is 22.8 Å². The Morgan fingerprint density at radius 3 is 2.46 bits per heavy atom. The first-order valence-electron chi connectivity index (χ1n) is 8.08. The van der Waals surface area contributed by atoms with Gasteiger partial charge in [0.15, 0.2) is 0 Å². The fourth-order valence-corrected chi connectivity index (χ4v) is 3.48. The molecule has 2 aliphatic heterocycles. The monoisotopic (exact) mass is 340 g/mol. The van der Waals surface area contributed by atoms with Crippen LogP contribution in [0.15, 0.2) is 24.3 Å². The molecule has 2 heterocycles. The number of benzene rings is 1. The number of carbonyl (C=O) groups is 2. The van der Waals surface area contributed by atoms with E-state index in [1.165, 1.54) is 5.56 Å². The molecular weight excluding hydrogens is 321 g/mol. The van der Waals surface area contributed by atoms with Gasteiger partial charge >= 0.3 is 12.1 Å². The highest BCUT2D eigenvalue weighted by Gasteiger charge is 2.44. The van der Waals surface area contributed by atoms with Gasteiger partial charge in [0.25, 0.3) is 0 Å². The van der Waals surface area contributed by atoms with E-state index in [1.54, 1.807) is 4.90 Å². The Labute approximate surface area is 138 Å². The van der Waals surface area contributed by atoms with E-state index < -0.39 is 18.0 Å². The van der Waals surface area contributed by atoms with Crippen molar-refractivity contribution >= 4 is 11.8 Å². The van der Waals surface area contributed by atoms with E-state index >= 15 is 0 Å². The van der Waals surface area contributed by atoms with Gasteiger partial charge in [-0.1, -0.05) is 24.3 Å². The first-order chi connectivity index (χ1) is 11.4. The van der Waals surface area contributed by atoms with Crippen molar-refractivity contribution in [1.29, 1.82) is 0 Å². The summed E-state index contributed by atoms with van der Waals surface area (Å²) in [6, 6.07) is 7.87. The normalized spacial score (nSPS) is 21.4. The number of likely N-dealkylation sites (tertiary alicyclic amines) is 1. The van der Waals surface area contributed by atoms with E-state index in [1.807, 2.05) is 24.3 Å². The van der Waals surface area contributed by atoms with Crippen LogP contribution in [0.1, 0.15) is 24.0 Å². The van der Waals surface area contributed by atoms with E-state index in [4.69, 9.17) is 0 Å². The molecule has 3 rings (SSSR count). The Morgan fingerprint density at radius 1 is 1.04 bits per heavy atom. The standard InChI is InChI=1S/C17H19F3N2O2/c18-17(19,20)16(24)22-8-3-6-14(11-22)15(23)21-9-7-12-4-1-2-5-13(12)10-21/h1-2,4-5,14H,3,6-11H2. The number of halogens is 3. The van der Waals surface area contributed by atoms with Crippen LogP contribution < -0.4 is 0 Å². The SMILES string of the molecule is O=C(C1CCCN(C(=O)C(F)(F)F)C1)N1CCc2ccccc2C1. The Hall–Kier alpha value is -2.05. The molecule has 1 aromatic carbocycles. The number of amides is 2. The van der Waals surface area contributed by atoms with Gasteiger partial charge in [-0.25, -0.2) is 0 Å². The Morgan fingerprint density at radius 2 is 1.75 bits per heavy atom. The smallest absolute Gasteiger partial charge is 0.338 e. The topological polar surface area (TPSA) is 40.6 Å². The van der Waals surface area contributed by atoms with Gasteiger partial charge in [-0.05, 0) is 30.4 Å². The van der Waals surface area contributed by atoms with Crippen molar-refractivity contribution in [2.75, 3.05) is 19.6 Å². The minimum Gasteiger partial charge on any atom is -0.338 e. The van der Waals surface area contributed by atoms with Gasteiger partial charge in [0.1, 0.15) is 0 Å². The molecular formula is C17H19F3N2O2. The van der Waals surface area contributed by atoms with Gasteiger partial charge in [-0.3, -0.25) is 9.59 Å². The summed E-state index contributed by atoms with van der Waals surface area (Å²) < 4.78 is 37.8. The largest absolute Gasteiger partial charge is 0.471 e. The number of piperidine rings is 1. The minimum atomic E-state index is -4.88. The van der Waals surface area contributed by atoms with Crippen LogP contribution in [0.2, 0.25) is 0 Å². The molecule has 1 unspecified atom stereocenters. The van der Waals surface area contributed by atoms with Gasteiger partial charge in [-0.2, -0.15) is 13.2 Å². The molecule has 1 fully saturated rings. The summed E-state index contributed by atoms with van der Waals surface area (Å²) in [6.45, 7) is 0.971. The van der Waals surface area contributed by atoms with Crippen LogP contribution in [0.4, 0.5) is 13.2 Å². The molecule has 4 nitrogen and oxygen atoms in total. The van der Waals surface area contributed by atoms with Crippen LogP contribution in [0.5, 0.6) is 0 Å². The second-order valence-electron chi connectivity index (χ2n) is 6.37. The lowest BCUT2D eigenvalue weighted by molar-refractivity contribution is -0.187. The Balaban J connectivity index is 1.66. The Kier molecular flexibility index (Phi) is 4.51. The highest BCUT2D eigenvalue weighted by atomic mass is 19.4. The van der Waals surface area contributed by atoms with Gasteiger partial charge in [0.05, 0.1) is 5.92 Å². The molecule has 1 atom stereocenters. The van der Waals surface area contributed by atoms with Gasteiger partial charge in [0.2, 0.25) is 5.91 Å². The molecule has 7 heteroatoms. The van der Waals surface area contributed by atoms with Crippen LogP contribution in [0.3, 0.4) is 0 Å². The predicted octanol–water partition coefficient (Wildman–Crippen LogP) is 2.37. The van der Waals surface area contributed by atoms with Crippen molar-refractivity contribution in [3.63, 3.8) is 0 Å². The van der Waals surface area contributed by atoms with Gasteiger partial charge < -0.3 is 9.80 Å². The maximum Gasteiger partial charge on any atom is 0.471 e. The molecule has 1 saturated heterocycles. The van der Waals surface area contributed by atoms with Gasteiger partial charge in [0, 0.05) is 26.2 Å². The lowest BCUT2D eigenvalue weighted by Crippen LogP contribution is -2.50. The summed E-state index contributed by atoms with van der Waals surface area (Å²) in [7, 11) is 0. The minimum absolute atomic E-state index is 0.0605. The summed E-state index contributed by atoms with van der Waals surface area (Å²) in [5.74, 6) is -2.54. The average Bonchev–Trinajstić information content (AvgIpc) is 2.59. The van der Waals surface area contributed by atoms with Crippen LogP contribution in [0, 0.1) is 5.92 Å². The molecule has 0 bridgehead atoms. The highest BCUT2D eigenvalue weighted by Crippen LogP contribution is 2.27. The summed E-state index contributed by atoms with van der Waals surface area (Å²) in [5, 5.41) is 0. The first kappa shape index (κ1) is 16.8. The maximum atomic E-state index is 12.7. The quantitative estimate of drug-likeness (QED) is 0.788. The molecule has 0 aliphatic carbocycles. The molecule has 1 aromatic rings. The number of fused-ring (bicyclic) bond motifs is 1. The van der Waals surface area contributed by atoms with Crippen molar-refractivity contribution in [2.24, 2.45) is 5.92 Å². The molecule has 0 spiro atoms. The molecule has 0 N–H and O–H groups in total. The number of alkyl halides is 3. The van der Waals surface area contributed by atoms with Crippen molar-refractivity contribution in [2.45, 2.75) is 32.0 Å². The summed E-state index contributed by atoms with van der Waals surface area (Å²) in [4.78, 5) is 26.6. The van der Waals surface area contributed by atoms with Crippen LogP contribution in [-0.4, -0.2) is 47.4 Å². The fraction of sp³-hybridized carbons (Fsp3) is 0.529. The van der Waals surface area contributed by atoms with Crippen molar-refractivity contribution in [1.82, 2.24) is 9.80 Å². The number of hydrogen-bond donors (Lipinski definition) is 0. The summed E-state index contributed by atoms with van der Waals surface area (Å²) in [5.41, 5.74) is 2.29. The molecule has 2 aliphatic rings.